The van der Waals surface area contributed by atoms with Crippen LogP contribution in [-0.2, 0) is 6.18 Å². The second-order valence-electron chi connectivity index (χ2n) is 9.66. The molecular formula is C29H34F3N3O. The molecule has 0 radical (unpaired) electrons. The molecule has 1 fully saturated rings. The molecule has 36 heavy (non-hydrogen) atoms. The van der Waals surface area contributed by atoms with Gasteiger partial charge in [-0.05, 0) is 87.8 Å². The van der Waals surface area contributed by atoms with Gasteiger partial charge in [0.1, 0.15) is 12.4 Å². The first-order valence-electron chi connectivity index (χ1n) is 12.5. The Labute approximate surface area is 211 Å². The average Bonchev–Trinajstić information content (AvgIpc) is 2.87. The van der Waals surface area contributed by atoms with Gasteiger partial charge in [0, 0.05) is 19.3 Å². The lowest BCUT2D eigenvalue weighted by atomic mass is 9.94. The van der Waals surface area contributed by atoms with Crippen molar-refractivity contribution in [2.24, 2.45) is 5.92 Å². The number of ether oxygens (including phenoxy) is 1. The Kier molecular flexibility index (Phi) is 8.64. The Bertz CT molecular complexity index is 1060. The fraction of sp³-hybridized carbons (Fsp3) is 0.414. The van der Waals surface area contributed by atoms with Crippen molar-refractivity contribution in [3.05, 3.63) is 95.3 Å². The molecule has 7 heteroatoms. The van der Waals surface area contributed by atoms with Crippen LogP contribution in [0.25, 0.3) is 0 Å². The first-order valence-corrected chi connectivity index (χ1v) is 12.5. The van der Waals surface area contributed by atoms with Crippen LogP contribution in [0.15, 0.2) is 72.9 Å². The minimum absolute atomic E-state index is 0.113. The van der Waals surface area contributed by atoms with Crippen LogP contribution in [0.1, 0.15) is 41.3 Å². The van der Waals surface area contributed by atoms with Crippen LogP contribution in [-0.4, -0.2) is 54.6 Å². The molecule has 0 bridgehead atoms. The second-order valence-corrected chi connectivity index (χ2v) is 9.66. The van der Waals surface area contributed by atoms with Gasteiger partial charge in [-0.25, -0.2) is 0 Å². The summed E-state index contributed by atoms with van der Waals surface area (Å²) in [5.41, 5.74) is 2.90. The third-order valence-corrected chi connectivity index (χ3v) is 6.91. The number of alkyl halides is 3. The third-order valence-electron chi connectivity index (χ3n) is 6.91. The van der Waals surface area contributed by atoms with Crippen molar-refractivity contribution in [1.82, 2.24) is 14.8 Å². The maximum Gasteiger partial charge on any atom is 0.416 e. The molecule has 0 spiro atoms. The highest BCUT2D eigenvalue weighted by Gasteiger charge is 2.30. The molecule has 2 aromatic carbocycles. The topological polar surface area (TPSA) is 28.6 Å². The van der Waals surface area contributed by atoms with Gasteiger partial charge >= 0.3 is 6.18 Å². The highest BCUT2D eigenvalue weighted by molar-refractivity contribution is 5.30. The van der Waals surface area contributed by atoms with Gasteiger partial charge in [-0.15, -0.1) is 0 Å². The molecule has 192 valence electrons. The first kappa shape index (κ1) is 26.2. The molecule has 0 amide bonds. The van der Waals surface area contributed by atoms with E-state index in [1.165, 1.54) is 23.3 Å². The lowest BCUT2D eigenvalue weighted by molar-refractivity contribution is -0.137. The van der Waals surface area contributed by atoms with Gasteiger partial charge in [0.2, 0.25) is 0 Å². The largest absolute Gasteiger partial charge is 0.492 e. The molecule has 0 saturated carbocycles. The number of likely N-dealkylation sites (tertiary alicyclic amines) is 1. The van der Waals surface area contributed by atoms with E-state index in [-0.39, 0.29) is 6.04 Å². The summed E-state index contributed by atoms with van der Waals surface area (Å²) in [5, 5.41) is 0. The highest BCUT2D eigenvalue weighted by Crippen LogP contribution is 2.31. The quantitative estimate of drug-likeness (QED) is 0.351. The fourth-order valence-corrected chi connectivity index (χ4v) is 4.88. The summed E-state index contributed by atoms with van der Waals surface area (Å²) in [5.74, 6) is 1.06. The summed E-state index contributed by atoms with van der Waals surface area (Å²) in [6, 6.07) is 19.8. The second kappa shape index (κ2) is 11.9. The Morgan fingerprint density at radius 1 is 1.00 bits per heavy atom. The lowest BCUT2D eigenvalue weighted by Crippen LogP contribution is -2.40. The van der Waals surface area contributed by atoms with Crippen molar-refractivity contribution < 1.29 is 17.9 Å². The van der Waals surface area contributed by atoms with Crippen molar-refractivity contribution in [2.75, 3.05) is 39.8 Å². The van der Waals surface area contributed by atoms with Gasteiger partial charge in [0.15, 0.2) is 0 Å². The van der Waals surface area contributed by atoms with E-state index in [9.17, 15) is 13.2 Å². The highest BCUT2D eigenvalue weighted by atomic mass is 19.4. The van der Waals surface area contributed by atoms with Crippen molar-refractivity contribution >= 4 is 0 Å². The zero-order valence-corrected chi connectivity index (χ0v) is 20.9. The lowest BCUT2D eigenvalue weighted by Gasteiger charge is -2.36. The van der Waals surface area contributed by atoms with Crippen LogP contribution in [0, 0.1) is 12.8 Å². The molecule has 1 saturated heterocycles. The average molecular weight is 498 g/mol. The molecule has 1 aliphatic heterocycles. The predicted octanol–water partition coefficient (Wildman–Crippen LogP) is 6.22. The number of halogens is 3. The molecule has 3 aromatic rings. The van der Waals surface area contributed by atoms with E-state index in [0.717, 1.165) is 56.8 Å². The molecule has 0 N–H and O–H groups in total. The number of benzene rings is 2. The smallest absolute Gasteiger partial charge is 0.416 e. The first-order chi connectivity index (χ1) is 17.3. The maximum absolute atomic E-state index is 12.7. The van der Waals surface area contributed by atoms with Crippen LogP contribution in [0.3, 0.4) is 0 Å². The standard InChI is InChI=1S/C29H34F3N3O/c1-22-6-8-24(9-7-22)28(27-5-3-4-16-33-27)34(2)21-23-14-17-35(18-15-23)19-20-36-26-12-10-25(11-13-26)29(30,31)32/h3-13,16,23,28H,14-15,17-21H2,1-2H3/t28-/m1/s1. The van der Waals surface area contributed by atoms with Crippen molar-refractivity contribution in [2.45, 2.75) is 32.0 Å². The molecule has 1 aliphatic rings. The molecule has 0 unspecified atom stereocenters. The van der Waals surface area contributed by atoms with E-state index in [1.807, 2.05) is 18.3 Å². The molecule has 2 heterocycles. The van der Waals surface area contributed by atoms with Crippen LogP contribution in [0.4, 0.5) is 13.2 Å². The SMILES string of the molecule is Cc1ccc([C@H](c2ccccn2)N(C)CC2CCN(CCOc3ccc(C(F)(F)F)cc3)CC2)cc1. The van der Waals surface area contributed by atoms with E-state index in [1.54, 1.807) is 0 Å². The van der Waals surface area contributed by atoms with Crippen molar-refractivity contribution in [3.63, 3.8) is 0 Å². The number of aromatic nitrogens is 1. The van der Waals surface area contributed by atoms with Crippen LogP contribution in [0.5, 0.6) is 5.75 Å². The number of hydrogen-bond donors (Lipinski definition) is 0. The maximum atomic E-state index is 12.7. The number of pyridine rings is 1. The summed E-state index contributed by atoms with van der Waals surface area (Å²) in [7, 11) is 2.18. The van der Waals surface area contributed by atoms with Gasteiger partial charge in [0.05, 0.1) is 17.3 Å². The van der Waals surface area contributed by atoms with Gasteiger partial charge in [-0.2, -0.15) is 13.2 Å². The summed E-state index contributed by atoms with van der Waals surface area (Å²) in [4.78, 5) is 9.45. The van der Waals surface area contributed by atoms with E-state index in [2.05, 4.69) is 59.1 Å². The number of piperidine rings is 1. The van der Waals surface area contributed by atoms with Gasteiger partial charge < -0.3 is 4.74 Å². The van der Waals surface area contributed by atoms with E-state index < -0.39 is 11.7 Å². The molecule has 0 aliphatic carbocycles. The van der Waals surface area contributed by atoms with Crippen molar-refractivity contribution in [1.29, 1.82) is 0 Å². The molecule has 4 nitrogen and oxygen atoms in total. The predicted molar refractivity (Wildman–Crippen MR) is 136 cm³/mol. The van der Waals surface area contributed by atoms with Gasteiger partial charge in [-0.1, -0.05) is 35.9 Å². The summed E-state index contributed by atoms with van der Waals surface area (Å²) >= 11 is 0. The number of hydrogen-bond acceptors (Lipinski definition) is 4. The van der Waals surface area contributed by atoms with E-state index >= 15 is 0 Å². The molecule has 4 rings (SSSR count). The van der Waals surface area contributed by atoms with Crippen molar-refractivity contribution in [3.8, 4) is 5.75 Å². The van der Waals surface area contributed by atoms with Crippen LogP contribution < -0.4 is 4.74 Å². The van der Waals surface area contributed by atoms with Gasteiger partial charge in [-0.3, -0.25) is 14.8 Å². The normalized spacial score (nSPS) is 16.3. The van der Waals surface area contributed by atoms with Crippen LogP contribution in [0.2, 0.25) is 0 Å². The molecule has 1 atom stereocenters. The Hall–Kier alpha value is -2.90. The Morgan fingerprint density at radius 2 is 1.69 bits per heavy atom. The van der Waals surface area contributed by atoms with Crippen LogP contribution >= 0.6 is 0 Å². The minimum Gasteiger partial charge on any atom is -0.492 e. The van der Waals surface area contributed by atoms with Gasteiger partial charge in [0.25, 0.3) is 0 Å². The number of aryl methyl sites for hydroxylation is 1. The fourth-order valence-electron chi connectivity index (χ4n) is 4.88. The molecular weight excluding hydrogens is 463 g/mol. The summed E-state index contributed by atoms with van der Waals surface area (Å²) in [6.07, 6.45) is -0.259. The van der Waals surface area contributed by atoms with E-state index in [0.29, 0.717) is 18.3 Å². The summed E-state index contributed by atoms with van der Waals surface area (Å²) in [6.45, 7) is 6.31. The zero-order valence-electron chi connectivity index (χ0n) is 20.9. The molecule has 1 aromatic heterocycles. The Balaban J connectivity index is 1.26. The summed E-state index contributed by atoms with van der Waals surface area (Å²) < 4.78 is 43.8. The number of rotatable bonds is 9. The zero-order chi connectivity index (χ0) is 25.5. The number of nitrogens with zero attached hydrogens (tertiary/aromatic N) is 3. The third kappa shape index (κ3) is 7.08. The van der Waals surface area contributed by atoms with E-state index in [4.69, 9.17) is 4.74 Å². The monoisotopic (exact) mass is 497 g/mol. The minimum atomic E-state index is -4.32. The Morgan fingerprint density at radius 3 is 2.31 bits per heavy atom.